The Morgan fingerprint density at radius 2 is 2.19 bits per heavy atom. The van der Waals surface area contributed by atoms with E-state index in [-0.39, 0.29) is 12.6 Å². The fourth-order valence-electron chi connectivity index (χ4n) is 1.22. The average molecular weight is 224 g/mol. The Balaban J connectivity index is 2.34. The molecule has 88 valence electrons. The fourth-order valence-corrected chi connectivity index (χ4v) is 1.22. The lowest BCUT2D eigenvalue weighted by atomic mass is 10.2. The van der Waals surface area contributed by atoms with Crippen LogP contribution in [0.25, 0.3) is 0 Å². The molecule has 0 radical (unpaired) electrons. The van der Waals surface area contributed by atoms with Gasteiger partial charge in [-0.2, -0.15) is 0 Å². The molecule has 0 spiro atoms. The first-order valence-corrected chi connectivity index (χ1v) is 5.12. The highest BCUT2D eigenvalue weighted by Crippen LogP contribution is 2.13. The van der Waals surface area contributed by atoms with E-state index < -0.39 is 0 Å². The van der Waals surface area contributed by atoms with Gasteiger partial charge in [-0.25, -0.2) is 4.79 Å². The smallest absolute Gasteiger partial charge is 0.332 e. The maximum atomic E-state index is 11.0. The van der Waals surface area contributed by atoms with E-state index in [1.807, 2.05) is 24.3 Å². The second-order valence-corrected chi connectivity index (χ2v) is 3.15. The molecular formula is C12H16O4. The number of ether oxygens (including phenoxy) is 3. The van der Waals surface area contributed by atoms with Gasteiger partial charge in [0, 0.05) is 0 Å². The molecule has 0 bridgehead atoms. The third-order valence-corrected chi connectivity index (χ3v) is 1.93. The van der Waals surface area contributed by atoms with E-state index in [0.717, 1.165) is 11.3 Å². The van der Waals surface area contributed by atoms with Crippen molar-refractivity contribution in [3.63, 3.8) is 0 Å². The summed E-state index contributed by atoms with van der Waals surface area (Å²) >= 11 is 0. The molecule has 4 heteroatoms. The summed E-state index contributed by atoms with van der Waals surface area (Å²) in [7, 11) is 1.61. The van der Waals surface area contributed by atoms with Gasteiger partial charge in [0.1, 0.15) is 12.4 Å². The third-order valence-electron chi connectivity index (χ3n) is 1.93. The summed E-state index contributed by atoms with van der Waals surface area (Å²) in [5.74, 6) is 0.433. The van der Waals surface area contributed by atoms with Crippen LogP contribution in [0, 0.1) is 0 Å². The number of hydrogen-bond donors (Lipinski definition) is 0. The molecule has 1 rings (SSSR count). The molecule has 4 nitrogen and oxygen atoms in total. The summed E-state index contributed by atoms with van der Waals surface area (Å²) in [6, 6.07) is 7.51. The molecular weight excluding hydrogens is 208 g/mol. The molecule has 1 aromatic rings. The van der Waals surface area contributed by atoms with Crippen LogP contribution in [0.3, 0.4) is 0 Å². The number of methoxy groups -OCH3 is 1. The van der Waals surface area contributed by atoms with E-state index in [0.29, 0.717) is 13.2 Å². The van der Waals surface area contributed by atoms with Gasteiger partial charge in [-0.05, 0) is 24.6 Å². The van der Waals surface area contributed by atoms with Crippen molar-refractivity contribution < 1.29 is 19.0 Å². The Bertz CT molecular complexity index is 336. The Hall–Kier alpha value is -1.55. The van der Waals surface area contributed by atoms with Gasteiger partial charge in [0.25, 0.3) is 0 Å². The number of rotatable bonds is 6. The number of benzene rings is 1. The highest BCUT2D eigenvalue weighted by molar-refractivity contribution is 5.70. The van der Waals surface area contributed by atoms with Gasteiger partial charge in [0.05, 0.1) is 20.3 Å². The molecule has 16 heavy (non-hydrogen) atoms. The Morgan fingerprint density at radius 3 is 2.88 bits per heavy atom. The number of carbonyl (C=O) groups excluding carboxylic acids is 1. The monoisotopic (exact) mass is 224 g/mol. The predicted molar refractivity (Wildman–Crippen MR) is 59.3 cm³/mol. The van der Waals surface area contributed by atoms with Crippen LogP contribution in [0.1, 0.15) is 12.5 Å². The van der Waals surface area contributed by atoms with E-state index in [1.54, 1.807) is 14.0 Å². The highest BCUT2D eigenvalue weighted by atomic mass is 16.6. The van der Waals surface area contributed by atoms with Crippen LogP contribution in [-0.4, -0.2) is 26.3 Å². The SMILES string of the molecule is CCOC(=O)COCc1cccc(OC)c1. The molecule has 0 amide bonds. The Labute approximate surface area is 95.1 Å². The van der Waals surface area contributed by atoms with Gasteiger partial charge in [-0.15, -0.1) is 0 Å². The van der Waals surface area contributed by atoms with Gasteiger partial charge in [-0.3, -0.25) is 0 Å². The molecule has 0 aliphatic heterocycles. The molecule has 1 aromatic carbocycles. The van der Waals surface area contributed by atoms with Crippen molar-refractivity contribution in [1.82, 2.24) is 0 Å². The van der Waals surface area contributed by atoms with Crippen LogP contribution in [-0.2, 0) is 20.9 Å². The summed E-state index contributed by atoms with van der Waals surface area (Å²) < 4.78 is 15.0. The second-order valence-electron chi connectivity index (χ2n) is 3.15. The lowest BCUT2D eigenvalue weighted by Crippen LogP contribution is -2.12. The predicted octanol–water partition coefficient (Wildman–Crippen LogP) is 1.77. The van der Waals surface area contributed by atoms with Gasteiger partial charge in [0.2, 0.25) is 0 Å². The van der Waals surface area contributed by atoms with Crippen molar-refractivity contribution in [2.75, 3.05) is 20.3 Å². The standard InChI is InChI=1S/C12H16O4/c1-3-16-12(13)9-15-8-10-5-4-6-11(7-10)14-2/h4-7H,3,8-9H2,1-2H3. The molecule has 0 unspecified atom stereocenters. The van der Waals surface area contributed by atoms with Crippen LogP contribution in [0.15, 0.2) is 24.3 Å². The van der Waals surface area contributed by atoms with Crippen molar-refractivity contribution in [3.8, 4) is 5.75 Å². The summed E-state index contributed by atoms with van der Waals surface area (Å²) in [5, 5.41) is 0. The van der Waals surface area contributed by atoms with Gasteiger partial charge in [0.15, 0.2) is 0 Å². The van der Waals surface area contributed by atoms with Crippen LogP contribution < -0.4 is 4.74 Å². The maximum Gasteiger partial charge on any atom is 0.332 e. The number of hydrogen-bond acceptors (Lipinski definition) is 4. The van der Waals surface area contributed by atoms with Crippen LogP contribution in [0.4, 0.5) is 0 Å². The molecule has 0 N–H and O–H groups in total. The first-order chi connectivity index (χ1) is 7.76. The normalized spacial score (nSPS) is 9.88. The van der Waals surface area contributed by atoms with Crippen molar-refractivity contribution in [2.45, 2.75) is 13.5 Å². The molecule has 0 heterocycles. The zero-order chi connectivity index (χ0) is 11.8. The van der Waals surface area contributed by atoms with Crippen molar-refractivity contribution >= 4 is 5.97 Å². The fraction of sp³-hybridized carbons (Fsp3) is 0.417. The summed E-state index contributed by atoms with van der Waals surface area (Å²) in [5.41, 5.74) is 0.962. The number of carbonyl (C=O) groups is 1. The van der Waals surface area contributed by atoms with E-state index >= 15 is 0 Å². The summed E-state index contributed by atoms with van der Waals surface area (Å²) in [6.45, 7) is 2.49. The van der Waals surface area contributed by atoms with E-state index in [4.69, 9.17) is 14.2 Å². The lowest BCUT2D eigenvalue weighted by molar-refractivity contribution is -0.148. The van der Waals surface area contributed by atoms with E-state index in [2.05, 4.69) is 0 Å². The number of esters is 1. The van der Waals surface area contributed by atoms with Gasteiger partial charge in [-0.1, -0.05) is 12.1 Å². The first-order valence-electron chi connectivity index (χ1n) is 5.12. The molecule has 0 aliphatic rings. The highest BCUT2D eigenvalue weighted by Gasteiger charge is 2.02. The molecule has 0 atom stereocenters. The summed E-state index contributed by atoms with van der Waals surface area (Å²) in [6.07, 6.45) is 0. The van der Waals surface area contributed by atoms with Crippen molar-refractivity contribution in [3.05, 3.63) is 29.8 Å². The summed E-state index contributed by atoms with van der Waals surface area (Å²) in [4.78, 5) is 11.0. The van der Waals surface area contributed by atoms with Crippen molar-refractivity contribution in [1.29, 1.82) is 0 Å². The Kier molecular flexibility index (Phi) is 5.36. The minimum Gasteiger partial charge on any atom is -0.497 e. The van der Waals surface area contributed by atoms with E-state index in [9.17, 15) is 4.79 Å². The van der Waals surface area contributed by atoms with Crippen LogP contribution in [0.5, 0.6) is 5.75 Å². The Morgan fingerprint density at radius 1 is 1.38 bits per heavy atom. The quantitative estimate of drug-likeness (QED) is 0.691. The van der Waals surface area contributed by atoms with Gasteiger partial charge >= 0.3 is 5.97 Å². The largest absolute Gasteiger partial charge is 0.497 e. The topological polar surface area (TPSA) is 44.8 Å². The first kappa shape index (κ1) is 12.5. The maximum absolute atomic E-state index is 11.0. The minimum absolute atomic E-state index is 0.0228. The van der Waals surface area contributed by atoms with Crippen LogP contribution in [0.2, 0.25) is 0 Å². The van der Waals surface area contributed by atoms with Crippen molar-refractivity contribution in [2.24, 2.45) is 0 Å². The zero-order valence-corrected chi connectivity index (χ0v) is 9.56. The molecule has 0 saturated heterocycles. The zero-order valence-electron chi connectivity index (χ0n) is 9.56. The molecule has 0 saturated carbocycles. The minimum atomic E-state index is -0.342. The van der Waals surface area contributed by atoms with Gasteiger partial charge < -0.3 is 14.2 Å². The lowest BCUT2D eigenvalue weighted by Gasteiger charge is -2.05. The second kappa shape index (κ2) is 6.85. The molecule has 0 aromatic heterocycles. The average Bonchev–Trinajstić information content (AvgIpc) is 2.30. The molecule has 0 fully saturated rings. The third kappa shape index (κ3) is 4.31. The molecule has 0 aliphatic carbocycles. The van der Waals surface area contributed by atoms with Crippen LogP contribution >= 0.6 is 0 Å². The van der Waals surface area contributed by atoms with E-state index in [1.165, 1.54) is 0 Å².